The van der Waals surface area contributed by atoms with Crippen LogP contribution < -0.4 is 19.5 Å². The van der Waals surface area contributed by atoms with Gasteiger partial charge in [0.25, 0.3) is 0 Å². The molecule has 0 amide bonds. The first-order valence-corrected chi connectivity index (χ1v) is 7.64. The molecule has 0 bridgehead atoms. The summed E-state index contributed by atoms with van der Waals surface area (Å²) >= 11 is 0. The highest BCUT2D eigenvalue weighted by Gasteiger charge is 2.27. The minimum atomic E-state index is -2.64. The molecule has 1 unspecified atom stereocenters. The van der Waals surface area contributed by atoms with Gasteiger partial charge in [-0.3, -0.25) is 0 Å². The molecule has 0 aromatic heterocycles. The predicted octanol–water partition coefficient (Wildman–Crippen LogP) is 3.33. The Balaban J connectivity index is 1.67. The van der Waals surface area contributed by atoms with Crippen LogP contribution >= 0.6 is 0 Å². The van der Waals surface area contributed by atoms with Gasteiger partial charge in [-0.1, -0.05) is 12.1 Å². The molecule has 4 rings (SSSR count). The van der Waals surface area contributed by atoms with Crippen LogP contribution in [0.25, 0.3) is 0 Å². The van der Waals surface area contributed by atoms with E-state index in [1.165, 1.54) is 42.5 Å². The quantitative estimate of drug-likeness (QED) is 0.930. The predicted molar refractivity (Wildman–Crippen MR) is 88.2 cm³/mol. The Labute approximate surface area is 149 Å². The van der Waals surface area contributed by atoms with Crippen LogP contribution in [0.3, 0.4) is 0 Å². The molecule has 126 valence electrons. The molecule has 2 atom stereocenters. The minimum absolute atomic E-state index is 0.00120. The Morgan fingerprint density at radius 3 is 2.96 bits per heavy atom. The topological polar surface area (TPSA) is 39.7 Å². The summed E-state index contributed by atoms with van der Waals surface area (Å²) in [5.41, 5.74) is 0.326. The van der Waals surface area contributed by atoms with Crippen LogP contribution in [-0.2, 0) is 0 Å². The van der Waals surface area contributed by atoms with Crippen molar-refractivity contribution < 1.29 is 26.8 Å². The number of fused-ring (bicyclic) bond motifs is 1. The van der Waals surface area contributed by atoms with Crippen molar-refractivity contribution in [3.05, 3.63) is 53.8 Å². The van der Waals surface area contributed by atoms with E-state index in [2.05, 4.69) is 5.32 Å². The van der Waals surface area contributed by atoms with Gasteiger partial charge in [-0.15, -0.1) is 0 Å². The second-order valence-corrected chi connectivity index (χ2v) is 5.49. The number of hydrogen-bond acceptors (Lipinski definition) is 4. The molecule has 5 heteroatoms. The number of benzene rings is 2. The van der Waals surface area contributed by atoms with Gasteiger partial charge in [0.2, 0.25) is 6.75 Å². The molecule has 0 saturated carbocycles. The summed E-state index contributed by atoms with van der Waals surface area (Å²) in [5.74, 6) is -4.08. The Morgan fingerprint density at radius 2 is 2.08 bits per heavy atom. The summed E-state index contributed by atoms with van der Waals surface area (Å²) < 4.78 is 79.0. The van der Waals surface area contributed by atoms with E-state index >= 15 is 0 Å². The third-order valence-corrected chi connectivity index (χ3v) is 3.92. The zero-order chi connectivity index (χ0) is 21.8. The highest BCUT2D eigenvalue weighted by molar-refractivity contribution is 5.46. The fraction of sp³-hybridized carbons (Fsp3) is 0.368. The lowest BCUT2D eigenvalue weighted by molar-refractivity contribution is 0.173. The van der Waals surface area contributed by atoms with Crippen LogP contribution in [0.15, 0.2) is 42.5 Å². The molecule has 24 heavy (non-hydrogen) atoms. The van der Waals surface area contributed by atoms with Crippen LogP contribution in [0.5, 0.6) is 17.2 Å². The average molecular weight is 335 g/mol. The standard InChI is InChI=1S/C19H20FNO3/c20-15-3-1-13(2-4-15)17-7-8-21-10-14(17)11-22-16-5-6-18-19(9-16)24-12-23-18/h1-6,9,14,17,21H,7-8,10-12H2/t14?,17-/m0/s1/i11D2,12D2,14D,17D. The van der Waals surface area contributed by atoms with Crippen LogP contribution in [0.1, 0.15) is 26.1 Å². The monoisotopic (exact) mass is 335 g/mol. The third-order valence-electron chi connectivity index (χ3n) is 3.92. The Morgan fingerprint density at radius 1 is 1.25 bits per heavy atom. The Bertz CT molecular complexity index is 960. The van der Waals surface area contributed by atoms with Crippen molar-refractivity contribution in [1.29, 1.82) is 0 Å². The van der Waals surface area contributed by atoms with E-state index in [1.807, 2.05) is 0 Å². The first-order valence-electron chi connectivity index (χ1n) is 10.6. The molecular weight excluding hydrogens is 309 g/mol. The van der Waals surface area contributed by atoms with Gasteiger partial charge in [-0.05, 0) is 48.7 Å². The normalized spacial score (nSPS) is 34.9. The van der Waals surface area contributed by atoms with Crippen molar-refractivity contribution in [2.24, 2.45) is 5.89 Å². The van der Waals surface area contributed by atoms with Gasteiger partial charge < -0.3 is 19.5 Å². The maximum atomic E-state index is 13.4. The SMILES string of the molecule is [2H]C1([2H])Oc2ccc(OC([2H])([2H])C3([2H])CNCC[C@@]3([2H])c3ccc(F)cc3)cc2O1. The zero-order valence-corrected chi connectivity index (χ0v) is 12.8. The summed E-state index contributed by atoms with van der Waals surface area (Å²) in [4.78, 5) is 0. The molecular formula is C19H20FNO3. The van der Waals surface area contributed by atoms with Gasteiger partial charge in [-0.2, -0.15) is 0 Å². The molecule has 0 aliphatic carbocycles. The molecule has 1 fully saturated rings. The lowest BCUT2D eigenvalue weighted by Gasteiger charge is -2.32. The molecule has 2 aliphatic rings. The molecule has 0 radical (unpaired) electrons. The molecule has 2 aliphatic heterocycles. The van der Waals surface area contributed by atoms with E-state index in [-0.39, 0.29) is 30.2 Å². The van der Waals surface area contributed by atoms with Crippen LogP contribution in [0, 0.1) is 11.7 Å². The molecule has 1 N–H and O–H groups in total. The van der Waals surface area contributed by atoms with Gasteiger partial charge in [0.1, 0.15) is 14.3 Å². The van der Waals surface area contributed by atoms with Crippen molar-refractivity contribution in [3.63, 3.8) is 0 Å². The first-order chi connectivity index (χ1) is 14.0. The summed E-state index contributed by atoms with van der Waals surface area (Å²) in [6, 6.07) is 9.22. The van der Waals surface area contributed by atoms with E-state index in [1.54, 1.807) is 0 Å². The number of halogens is 1. The number of hydrogen-bond donors (Lipinski definition) is 1. The average Bonchev–Trinajstić information content (AvgIpc) is 2.97. The lowest BCUT2D eigenvalue weighted by Crippen LogP contribution is -2.38. The zero-order valence-electron chi connectivity index (χ0n) is 18.8. The van der Waals surface area contributed by atoms with Crippen molar-refractivity contribution in [3.8, 4) is 17.2 Å². The highest BCUT2D eigenvalue weighted by atomic mass is 19.1. The first kappa shape index (κ1) is 9.89. The van der Waals surface area contributed by atoms with Crippen molar-refractivity contribution in [2.45, 2.75) is 12.3 Å². The maximum Gasteiger partial charge on any atom is 0.231 e. The second kappa shape index (κ2) is 6.69. The van der Waals surface area contributed by atoms with E-state index in [4.69, 9.17) is 22.4 Å². The van der Waals surface area contributed by atoms with Gasteiger partial charge in [0.15, 0.2) is 11.5 Å². The molecule has 0 spiro atoms. The third kappa shape index (κ3) is 3.17. The molecule has 2 aromatic rings. The summed E-state index contributed by atoms with van der Waals surface area (Å²) in [7, 11) is 0. The largest absolute Gasteiger partial charge is 0.493 e. The Hall–Kier alpha value is -2.27. The van der Waals surface area contributed by atoms with Crippen LogP contribution in [-0.4, -0.2) is 26.4 Å². The van der Waals surface area contributed by atoms with E-state index < -0.39 is 30.9 Å². The summed E-state index contributed by atoms with van der Waals surface area (Å²) in [6.45, 7) is -4.73. The van der Waals surface area contributed by atoms with Gasteiger partial charge in [-0.25, -0.2) is 4.39 Å². The van der Waals surface area contributed by atoms with Gasteiger partial charge >= 0.3 is 0 Å². The smallest absolute Gasteiger partial charge is 0.231 e. The lowest BCUT2D eigenvalue weighted by atomic mass is 9.81. The van der Waals surface area contributed by atoms with Crippen LogP contribution in [0.4, 0.5) is 4.39 Å². The number of nitrogens with one attached hydrogen (secondary N) is 1. The summed E-state index contributed by atoms with van der Waals surface area (Å²) in [6.07, 6.45) is 0.131. The van der Waals surface area contributed by atoms with Gasteiger partial charge in [0.05, 0.1) is 9.30 Å². The number of ether oxygens (including phenoxy) is 3. The van der Waals surface area contributed by atoms with Gasteiger partial charge in [0, 0.05) is 21.2 Å². The number of piperidine rings is 1. The summed E-state index contributed by atoms with van der Waals surface area (Å²) in [5, 5.41) is 2.96. The second-order valence-electron chi connectivity index (χ2n) is 5.49. The number of rotatable bonds is 4. The highest BCUT2D eigenvalue weighted by Crippen LogP contribution is 2.36. The minimum Gasteiger partial charge on any atom is -0.493 e. The van der Waals surface area contributed by atoms with Crippen molar-refractivity contribution in [2.75, 3.05) is 26.4 Å². The fourth-order valence-electron chi connectivity index (χ4n) is 2.70. The Kier molecular flexibility index (Phi) is 2.76. The van der Waals surface area contributed by atoms with Crippen molar-refractivity contribution in [1.82, 2.24) is 5.32 Å². The van der Waals surface area contributed by atoms with E-state index in [0.29, 0.717) is 12.1 Å². The molecule has 2 aromatic carbocycles. The molecule has 1 saturated heterocycles. The van der Waals surface area contributed by atoms with E-state index in [0.717, 1.165) is 0 Å². The maximum absolute atomic E-state index is 13.4. The molecule has 2 heterocycles. The van der Waals surface area contributed by atoms with Crippen molar-refractivity contribution >= 4 is 0 Å². The molecule has 4 nitrogen and oxygen atoms in total. The fourth-order valence-corrected chi connectivity index (χ4v) is 2.70. The van der Waals surface area contributed by atoms with Crippen LogP contribution in [0.2, 0.25) is 0 Å². The van der Waals surface area contributed by atoms with E-state index in [9.17, 15) is 4.39 Å².